The Morgan fingerprint density at radius 2 is 1.33 bits per heavy atom. The number of hydrogen-bond donors (Lipinski definition) is 0. The van der Waals surface area contributed by atoms with Crippen molar-refractivity contribution in [1.29, 1.82) is 0 Å². The summed E-state index contributed by atoms with van der Waals surface area (Å²) < 4.78 is 0. The molecule has 60 valence electrons. The fraction of sp³-hybridized carbons (Fsp3) is 0.333. The molecule has 12 heavy (non-hydrogen) atoms. The maximum absolute atomic E-state index is 2.35. The summed E-state index contributed by atoms with van der Waals surface area (Å²) in [5.41, 5.74) is 3.28. The number of hydrogen-bond acceptors (Lipinski definition) is 0. The highest BCUT2D eigenvalue weighted by Crippen LogP contribution is 2.43. The fourth-order valence-corrected chi connectivity index (χ4v) is 2.56. The fourth-order valence-electron chi connectivity index (χ4n) is 2.56. The average molecular weight is 156 g/mol. The zero-order valence-electron chi connectivity index (χ0n) is 7.03. The molecule has 0 heteroatoms. The first-order valence-corrected chi connectivity index (χ1v) is 4.70. The highest BCUT2D eigenvalue weighted by atomic mass is 14.3. The van der Waals surface area contributed by atoms with Crippen LogP contribution in [-0.4, -0.2) is 0 Å². The third kappa shape index (κ3) is 0.726. The third-order valence-corrected chi connectivity index (χ3v) is 3.20. The summed E-state index contributed by atoms with van der Waals surface area (Å²) in [7, 11) is 0. The molecule has 0 aromatic heterocycles. The second-order valence-corrected chi connectivity index (χ2v) is 3.80. The first kappa shape index (κ1) is 6.47. The Labute approximate surface area is 73.0 Å². The molecule has 0 bridgehead atoms. The van der Waals surface area contributed by atoms with Crippen LogP contribution in [0.4, 0.5) is 0 Å². The van der Waals surface area contributed by atoms with Crippen LogP contribution >= 0.6 is 0 Å². The molecule has 2 unspecified atom stereocenters. The van der Waals surface area contributed by atoms with Crippen LogP contribution in [0.1, 0.15) is 12.8 Å². The van der Waals surface area contributed by atoms with E-state index in [9.17, 15) is 0 Å². The minimum absolute atomic E-state index is 0.712. The Hall–Kier alpha value is -1.04. The van der Waals surface area contributed by atoms with E-state index in [1.807, 2.05) is 0 Å². The lowest BCUT2D eigenvalue weighted by Gasteiger charge is -2.28. The maximum Gasteiger partial charge on any atom is 0.00836 e. The van der Waals surface area contributed by atoms with E-state index in [2.05, 4.69) is 36.5 Å². The molecule has 2 atom stereocenters. The van der Waals surface area contributed by atoms with E-state index >= 15 is 0 Å². The van der Waals surface area contributed by atoms with E-state index in [1.165, 1.54) is 12.8 Å². The van der Waals surface area contributed by atoms with Crippen molar-refractivity contribution in [1.82, 2.24) is 0 Å². The molecule has 0 amide bonds. The molecule has 1 fully saturated rings. The topological polar surface area (TPSA) is 0 Å². The highest BCUT2D eigenvalue weighted by Gasteiger charge is 2.31. The minimum atomic E-state index is 0.712. The predicted molar refractivity (Wildman–Crippen MR) is 50.7 cm³/mol. The van der Waals surface area contributed by atoms with E-state index in [0.29, 0.717) is 11.8 Å². The van der Waals surface area contributed by atoms with Crippen molar-refractivity contribution in [3.8, 4) is 0 Å². The van der Waals surface area contributed by atoms with Gasteiger partial charge in [0.25, 0.3) is 0 Å². The van der Waals surface area contributed by atoms with Crippen molar-refractivity contribution in [2.24, 2.45) is 11.8 Å². The predicted octanol–water partition coefficient (Wildman–Crippen LogP) is 3.01. The van der Waals surface area contributed by atoms with E-state index in [-0.39, 0.29) is 0 Å². The summed E-state index contributed by atoms with van der Waals surface area (Å²) >= 11 is 0. The summed E-state index contributed by atoms with van der Waals surface area (Å²) in [6, 6.07) is 0. The summed E-state index contributed by atoms with van der Waals surface area (Å²) in [5.74, 6) is 1.42. The molecule has 0 nitrogen and oxygen atoms in total. The third-order valence-electron chi connectivity index (χ3n) is 3.20. The van der Waals surface area contributed by atoms with Crippen molar-refractivity contribution in [2.45, 2.75) is 12.8 Å². The van der Waals surface area contributed by atoms with Gasteiger partial charge < -0.3 is 0 Å². The van der Waals surface area contributed by atoms with Gasteiger partial charge in [-0.05, 0) is 12.8 Å². The normalized spacial score (nSPS) is 36.0. The molecule has 0 aromatic carbocycles. The maximum atomic E-state index is 2.35. The molecule has 0 N–H and O–H groups in total. The van der Waals surface area contributed by atoms with Gasteiger partial charge in [-0.3, -0.25) is 0 Å². The number of rotatable bonds is 0. The zero-order valence-corrected chi connectivity index (χ0v) is 7.03. The van der Waals surface area contributed by atoms with Crippen molar-refractivity contribution >= 4 is 0 Å². The van der Waals surface area contributed by atoms with Crippen LogP contribution in [0.3, 0.4) is 0 Å². The van der Waals surface area contributed by atoms with Gasteiger partial charge in [0.05, 0.1) is 0 Å². The lowest BCUT2D eigenvalue weighted by atomic mass is 9.76. The van der Waals surface area contributed by atoms with Crippen molar-refractivity contribution < 1.29 is 0 Å². The molecule has 3 aliphatic rings. The number of fused-ring (bicyclic) bond motifs is 3. The van der Waals surface area contributed by atoms with E-state index in [4.69, 9.17) is 0 Å². The van der Waals surface area contributed by atoms with Gasteiger partial charge in [-0.1, -0.05) is 47.6 Å². The Balaban J connectivity index is 2.02. The average Bonchev–Trinajstić information content (AvgIpc) is 2.71. The highest BCUT2D eigenvalue weighted by molar-refractivity contribution is 5.41. The van der Waals surface area contributed by atoms with Crippen LogP contribution in [0.15, 0.2) is 47.6 Å². The molecule has 0 radical (unpaired) electrons. The first-order valence-electron chi connectivity index (χ1n) is 4.70. The Bertz CT molecular complexity index is 292. The first-order chi connectivity index (χ1) is 5.95. The molecule has 0 aliphatic heterocycles. The van der Waals surface area contributed by atoms with Crippen LogP contribution in [-0.2, 0) is 0 Å². The van der Waals surface area contributed by atoms with Gasteiger partial charge in [0.15, 0.2) is 0 Å². The molecule has 1 saturated carbocycles. The lowest BCUT2D eigenvalue weighted by Crippen LogP contribution is -2.17. The molecule has 3 aliphatic carbocycles. The van der Waals surface area contributed by atoms with Gasteiger partial charge in [-0.25, -0.2) is 0 Å². The summed E-state index contributed by atoms with van der Waals surface area (Å²) in [6.45, 7) is 0. The van der Waals surface area contributed by atoms with Gasteiger partial charge >= 0.3 is 0 Å². The smallest absolute Gasteiger partial charge is 0.00836 e. The molecule has 0 aromatic rings. The SMILES string of the molecule is C1=CC2C(=C1)CCC1=CC=CC12. The van der Waals surface area contributed by atoms with Crippen LogP contribution in [0.5, 0.6) is 0 Å². The lowest BCUT2D eigenvalue weighted by molar-refractivity contribution is 0.533. The minimum Gasteiger partial charge on any atom is -0.0764 e. The van der Waals surface area contributed by atoms with E-state index in [0.717, 1.165) is 0 Å². The van der Waals surface area contributed by atoms with E-state index in [1.54, 1.807) is 11.1 Å². The van der Waals surface area contributed by atoms with Gasteiger partial charge in [-0.15, -0.1) is 0 Å². The monoisotopic (exact) mass is 156 g/mol. The standard InChI is InChI=1S/C12H12/c1-3-9-7-8-10-4-2-6-12(10)11(9)5-1/h1-6,11-12H,7-8H2. The summed E-state index contributed by atoms with van der Waals surface area (Å²) in [6.07, 6.45) is 16.3. The van der Waals surface area contributed by atoms with Gasteiger partial charge in [0.2, 0.25) is 0 Å². The Morgan fingerprint density at radius 1 is 0.833 bits per heavy atom. The Kier molecular flexibility index (Phi) is 1.20. The second-order valence-electron chi connectivity index (χ2n) is 3.80. The van der Waals surface area contributed by atoms with Crippen molar-refractivity contribution in [3.05, 3.63) is 47.6 Å². The van der Waals surface area contributed by atoms with Crippen LogP contribution in [0.2, 0.25) is 0 Å². The molecule has 0 saturated heterocycles. The second kappa shape index (κ2) is 2.22. The van der Waals surface area contributed by atoms with Gasteiger partial charge in [-0.2, -0.15) is 0 Å². The van der Waals surface area contributed by atoms with Crippen LogP contribution in [0, 0.1) is 11.8 Å². The molecule has 3 rings (SSSR count). The largest absolute Gasteiger partial charge is 0.0764 e. The molecular formula is C12H12. The molecule has 0 heterocycles. The zero-order chi connectivity index (χ0) is 7.97. The van der Waals surface area contributed by atoms with Crippen LogP contribution in [0.25, 0.3) is 0 Å². The van der Waals surface area contributed by atoms with Crippen molar-refractivity contribution in [2.75, 3.05) is 0 Å². The summed E-state index contributed by atoms with van der Waals surface area (Å²) in [4.78, 5) is 0. The quantitative estimate of drug-likeness (QED) is 0.505. The Morgan fingerprint density at radius 3 is 1.83 bits per heavy atom. The molecule has 0 spiro atoms. The van der Waals surface area contributed by atoms with Gasteiger partial charge in [0.1, 0.15) is 0 Å². The number of allylic oxidation sites excluding steroid dienone is 8. The van der Waals surface area contributed by atoms with Crippen LogP contribution < -0.4 is 0 Å². The summed E-state index contributed by atoms with van der Waals surface area (Å²) in [5, 5.41) is 0. The van der Waals surface area contributed by atoms with Crippen molar-refractivity contribution in [3.63, 3.8) is 0 Å². The molecular weight excluding hydrogens is 144 g/mol. The van der Waals surface area contributed by atoms with Gasteiger partial charge in [0, 0.05) is 11.8 Å². The van der Waals surface area contributed by atoms with E-state index < -0.39 is 0 Å².